The van der Waals surface area contributed by atoms with Crippen LogP contribution in [-0.2, 0) is 0 Å². The Labute approximate surface area is 275 Å². The number of nitrogens with one attached hydrogen (secondary N) is 1. The van der Waals surface area contributed by atoms with Crippen molar-refractivity contribution in [1.82, 2.24) is 5.32 Å². The molecule has 0 unspecified atom stereocenters. The molecule has 1 aliphatic rings. The van der Waals surface area contributed by atoms with Gasteiger partial charge in [-0.3, -0.25) is 0 Å². The van der Waals surface area contributed by atoms with Crippen molar-refractivity contribution in [2.75, 3.05) is 0 Å². The number of amidine groups is 2. The fourth-order valence-corrected chi connectivity index (χ4v) is 7.11. The monoisotopic (exact) mass is 617 g/mol. The summed E-state index contributed by atoms with van der Waals surface area (Å²) in [5.74, 6) is 1.52. The van der Waals surface area contributed by atoms with E-state index in [1.165, 1.54) is 0 Å². The van der Waals surface area contributed by atoms with Crippen LogP contribution in [0.4, 0.5) is 0 Å². The average molecular weight is 618 g/mol. The minimum Gasteiger partial charge on any atom is -0.456 e. The van der Waals surface area contributed by atoms with Crippen molar-refractivity contribution in [3.05, 3.63) is 168 Å². The Morgan fingerprint density at radius 1 is 0.458 bits per heavy atom. The Balaban J connectivity index is 1.32. The van der Waals surface area contributed by atoms with Gasteiger partial charge in [0, 0.05) is 43.8 Å². The first-order valence-electron chi connectivity index (χ1n) is 16.1. The van der Waals surface area contributed by atoms with E-state index in [4.69, 9.17) is 18.8 Å². The van der Waals surface area contributed by atoms with Crippen molar-refractivity contribution in [3.63, 3.8) is 0 Å². The number of hydrogen-bond donors (Lipinski definition) is 1. The maximum atomic E-state index is 6.61. The van der Waals surface area contributed by atoms with E-state index in [2.05, 4.69) is 108 Å². The molecular weight excluding hydrogens is 590 g/mol. The van der Waals surface area contributed by atoms with Crippen LogP contribution in [0.5, 0.6) is 0 Å². The van der Waals surface area contributed by atoms with E-state index in [9.17, 15) is 0 Å². The van der Waals surface area contributed by atoms with E-state index in [0.717, 1.165) is 94.1 Å². The van der Waals surface area contributed by atoms with Gasteiger partial charge < -0.3 is 14.2 Å². The third kappa shape index (κ3) is 4.18. The molecule has 0 aliphatic carbocycles. The molecule has 5 nitrogen and oxygen atoms in total. The lowest BCUT2D eigenvalue weighted by molar-refractivity contribution is 0.667. The first kappa shape index (κ1) is 26.7. The van der Waals surface area contributed by atoms with E-state index in [-0.39, 0.29) is 0 Å². The van der Waals surface area contributed by atoms with Crippen LogP contribution in [0.3, 0.4) is 0 Å². The molecule has 0 saturated heterocycles. The van der Waals surface area contributed by atoms with E-state index < -0.39 is 6.17 Å². The molecule has 0 saturated carbocycles. The highest BCUT2D eigenvalue weighted by atomic mass is 16.3. The number of aliphatic imine (C=N–C) groups is 2. The summed E-state index contributed by atoms with van der Waals surface area (Å²) in [6.45, 7) is 0. The van der Waals surface area contributed by atoms with Crippen LogP contribution in [0.2, 0.25) is 0 Å². The van der Waals surface area contributed by atoms with Crippen LogP contribution in [-0.4, -0.2) is 11.7 Å². The highest BCUT2D eigenvalue weighted by Crippen LogP contribution is 2.45. The lowest BCUT2D eigenvalue weighted by atomic mass is 9.91. The fraction of sp³-hybridized carbons (Fsp3) is 0.0233. The largest absolute Gasteiger partial charge is 0.456 e. The summed E-state index contributed by atoms with van der Waals surface area (Å²) in [5.41, 5.74) is 8.26. The summed E-state index contributed by atoms with van der Waals surface area (Å²) < 4.78 is 13.2. The molecule has 7 aromatic carbocycles. The second-order valence-electron chi connectivity index (χ2n) is 12.2. The highest BCUT2D eigenvalue weighted by molar-refractivity contribution is 6.18. The van der Waals surface area contributed by atoms with Crippen molar-refractivity contribution in [1.29, 1.82) is 0 Å². The molecule has 5 heteroatoms. The molecule has 48 heavy (non-hydrogen) atoms. The molecule has 0 fully saturated rings. The number of benzene rings is 7. The average Bonchev–Trinajstić information content (AvgIpc) is 3.72. The van der Waals surface area contributed by atoms with Crippen LogP contribution in [0.25, 0.3) is 65.8 Å². The van der Waals surface area contributed by atoms with Gasteiger partial charge in [-0.1, -0.05) is 127 Å². The molecule has 10 rings (SSSR count). The standard InChI is InChI=1S/C43H27N3O2/c1-3-12-26(13-4-1)41-44-42(27-14-5-2-6-15-27)46-43(45-41)39-31(33-20-11-19-32-30-18-9-10-21-35(30)48-40(32)33)22-23-36-38(39)34-24-28-16-7-8-17-29(28)25-37(34)47-36/h1-25,43H,(H,44,45,46). The van der Waals surface area contributed by atoms with E-state index in [0.29, 0.717) is 0 Å². The summed E-state index contributed by atoms with van der Waals surface area (Å²) in [7, 11) is 0. The second kappa shape index (κ2) is 10.5. The van der Waals surface area contributed by atoms with E-state index in [1.54, 1.807) is 0 Å². The maximum absolute atomic E-state index is 6.61. The molecule has 226 valence electrons. The van der Waals surface area contributed by atoms with Gasteiger partial charge in [-0.2, -0.15) is 0 Å². The van der Waals surface area contributed by atoms with Crippen LogP contribution in [0.15, 0.2) is 170 Å². The number of furan rings is 2. The van der Waals surface area contributed by atoms with Gasteiger partial charge in [-0.25, -0.2) is 9.98 Å². The third-order valence-corrected chi connectivity index (χ3v) is 9.33. The maximum Gasteiger partial charge on any atom is 0.171 e. The van der Waals surface area contributed by atoms with Gasteiger partial charge in [0.05, 0.1) is 0 Å². The normalized spacial score (nSPS) is 13.8. The molecule has 1 N–H and O–H groups in total. The molecule has 2 aromatic heterocycles. The summed E-state index contributed by atoms with van der Waals surface area (Å²) in [4.78, 5) is 10.7. The zero-order valence-corrected chi connectivity index (χ0v) is 25.7. The number of para-hydroxylation sites is 2. The van der Waals surface area contributed by atoms with Gasteiger partial charge in [0.25, 0.3) is 0 Å². The molecule has 0 radical (unpaired) electrons. The van der Waals surface area contributed by atoms with Crippen molar-refractivity contribution < 1.29 is 8.83 Å². The van der Waals surface area contributed by atoms with Crippen LogP contribution < -0.4 is 5.32 Å². The third-order valence-electron chi connectivity index (χ3n) is 9.33. The van der Waals surface area contributed by atoms with Crippen LogP contribution in [0.1, 0.15) is 22.9 Å². The first-order valence-corrected chi connectivity index (χ1v) is 16.1. The van der Waals surface area contributed by atoms with Gasteiger partial charge in [0.2, 0.25) is 0 Å². The second-order valence-corrected chi connectivity index (χ2v) is 12.2. The Morgan fingerprint density at radius 3 is 1.85 bits per heavy atom. The fourth-order valence-electron chi connectivity index (χ4n) is 7.11. The number of hydrogen-bond acceptors (Lipinski definition) is 5. The molecule has 0 atom stereocenters. The molecule has 0 amide bonds. The van der Waals surface area contributed by atoms with Gasteiger partial charge in [0.1, 0.15) is 34.0 Å². The molecular formula is C43H27N3O2. The summed E-state index contributed by atoms with van der Waals surface area (Å²) >= 11 is 0. The van der Waals surface area contributed by atoms with Crippen molar-refractivity contribution >= 4 is 66.3 Å². The smallest absolute Gasteiger partial charge is 0.171 e. The zero-order chi connectivity index (χ0) is 31.6. The summed E-state index contributed by atoms with van der Waals surface area (Å²) in [5, 5.41) is 10.0. The zero-order valence-electron chi connectivity index (χ0n) is 25.7. The summed E-state index contributed by atoms with van der Waals surface area (Å²) in [6.07, 6.45) is -0.581. The minimum atomic E-state index is -0.581. The Bertz CT molecular complexity index is 2700. The molecule has 9 aromatic rings. The van der Waals surface area contributed by atoms with Gasteiger partial charge in [-0.05, 0) is 40.6 Å². The number of nitrogens with zero attached hydrogens (tertiary/aromatic N) is 2. The highest BCUT2D eigenvalue weighted by Gasteiger charge is 2.28. The predicted molar refractivity (Wildman–Crippen MR) is 196 cm³/mol. The van der Waals surface area contributed by atoms with E-state index in [1.807, 2.05) is 48.5 Å². The van der Waals surface area contributed by atoms with Gasteiger partial charge >= 0.3 is 0 Å². The number of rotatable bonds is 4. The van der Waals surface area contributed by atoms with E-state index >= 15 is 0 Å². The van der Waals surface area contributed by atoms with Crippen molar-refractivity contribution in [3.8, 4) is 11.1 Å². The van der Waals surface area contributed by atoms with Crippen LogP contribution in [0, 0.1) is 0 Å². The molecule has 0 bridgehead atoms. The van der Waals surface area contributed by atoms with Crippen LogP contribution >= 0.6 is 0 Å². The molecule has 3 heterocycles. The van der Waals surface area contributed by atoms with Crippen molar-refractivity contribution in [2.45, 2.75) is 6.17 Å². The lowest BCUT2D eigenvalue weighted by Crippen LogP contribution is -2.36. The minimum absolute atomic E-state index is 0.581. The molecule has 1 aliphatic heterocycles. The topological polar surface area (TPSA) is 63.0 Å². The lowest BCUT2D eigenvalue weighted by Gasteiger charge is -2.24. The SMILES string of the molecule is c1ccc(C2=NC(c3c(-c4cccc5c4oc4ccccc45)ccc4oc5cc6ccccc6cc5c34)N=C(c3ccccc3)N2)cc1. The molecule has 0 spiro atoms. The number of fused-ring (bicyclic) bond motifs is 7. The Kier molecular flexibility index (Phi) is 5.87. The van der Waals surface area contributed by atoms with Gasteiger partial charge in [-0.15, -0.1) is 0 Å². The van der Waals surface area contributed by atoms with Crippen molar-refractivity contribution in [2.24, 2.45) is 9.98 Å². The Hall–Kier alpha value is -6.46. The Morgan fingerprint density at radius 2 is 1.10 bits per heavy atom. The first-order chi connectivity index (χ1) is 23.8. The van der Waals surface area contributed by atoms with Gasteiger partial charge in [0.15, 0.2) is 6.17 Å². The predicted octanol–water partition coefficient (Wildman–Crippen LogP) is 10.8. The quantitative estimate of drug-likeness (QED) is 0.214. The summed E-state index contributed by atoms with van der Waals surface area (Å²) in [6, 6.07) is 52.0.